The lowest BCUT2D eigenvalue weighted by molar-refractivity contribution is 0.554. The molecule has 1 N–H and O–H groups in total. The Morgan fingerprint density at radius 1 is 1.00 bits per heavy atom. The number of aromatic nitrogens is 3. The highest BCUT2D eigenvalue weighted by Gasteiger charge is 2.14. The Balaban J connectivity index is 1.90. The van der Waals surface area contributed by atoms with Gasteiger partial charge in [-0.15, -0.1) is 0 Å². The van der Waals surface area contributed by atoms with Crippen LogP contribution in [0.15, 0.2) is 48.5 Å². The first-order valence-electron chi connectivity index (χ1n) is 8.19. The van der Waals surface area contributed by atoms with Gasteiger partial charge in [0, 0.05) is 18.2 Å². The first-order valence-corrected chi connectivity index (χ1v) is 8.95. The van der Waals surface area contributed by atoms with Crippen LogP contribution in [-0.2, 0) is 13.1 Å². The normalized spacial score (nSPS) is 11.2. The van der Waals surface area contributed by atoms with Gasteiger partial charge in [-0.05, 0) is 17.7 Å². The molecule has 1 aromatic heterocycles. The molecule has 6 heteroatoms. The maximum atomic E-state index is 6.10. The molecule has 0 aliphatic rings. The molecule has 3 rings (SSSR count). The molecule has 0 saturated heterocycles. The van der Waals surface area contributed by atoms with Crippen LogP contribution in [0.4, 0.5) is 0 Å². The quantitative estimate of drug-likeness (QED) is 0.673. The molecular formula is C19H20Cl2N4. The largest absolute Gasteiger partial charge is 0.309 e. The first kappa shape index (κ1) is 17.9. The lowest BCUT2D eigenvalue weighted by Crippen LogP contribution is -2.22. The van der Waals surface area contributed by atoms with Crippen LogP contribution in [0, 0.1) is 0 Å². The van der Waals surface area contributed by atoms with Gasteiger partial charge in [0.05, 0.1) is 16.6 Å². The van der Waals surface area contributed by atoms with Crippen molar-refractivity contribution in [3.05, 3.63) is 69.8 Å². The number of rotatable bonds is 6. The molecule has 1 heterocycles. The zero-order valence-electron chi connectivity index (χ0n) is 14.2. The van der Waals surface area contributed by atoms with Gasteiger partial charge in [-0.2, -0.15) is 15.0 Å². The maximum Gasteiger partial charge on any atom is 0.117 e. The van der Waals surface area contributed by atoms with Crippen molar-refractivity contribution < 1.29 is 0 Å². The molecule has 2 aromatic carbocycles. The smallest absolute Gasteiger partial charge is 0.117 e. The minimum Gasteiger partial charge on any atom is -0.309 e. The van der Waals surface area contributed by atoms with E-state index in [9.17, 15) is 0 Å². The Hall–Kier alpha value is -1.88. The molecule has 0 aliphatic carbocycles. The zero-order valence-corrected chi connectivity index (χ0v) is 15.7. The Morgan fingerprint density at radius 3 is 2.44 bits per heavy atom. The van der Waals surface area contributed by atoms with Gasteiger partial charge in [0.2, 0.25) is 0 Å². The molecule has 0 atom stereocenters. The number of nitrogens with one attached hydrogen (secondary N) is 1. The van der Waals surface area contributed by atoms with Crippen LogP contribution in [0.1, 0.15) is 25.1 Å². The van der Waals surface area contributed by atoms with Crippen molar-refractivity contribution in [3.63, 3.8) is 0 Å². The van der Waals surface area contributed by atoms with Crippen LogP contribution < -0.4 is 5.32 Å². The van der Waals surface area contributed by atoms with Crippen molar-refractivity contribution in [2.75, 3.05) is 0 Å². The molecule has 0 radical (unpaired) electrons. The van der Waals surface area contributed by atoms with E-state index in [0.717, 1.165) is 22.5 Å². The average molecular weight is 375 g/mol. The average Bonchev–Trinajstić information content (AvgIpc) is 3.00. The van der Waals surface area contributed by atoms with E-state index >= 15 is 0 Å². The topological polar surface area (TPSA) is 42.7 Å². The Bertz CT molecular complexity index is 844. The van der Waals surface area contributed by atoms with Gasteiger partial charge < -0.3 is 5.32 Å². The van der Waals surface area contributed by atoms with Gasteiger partial charge in [0.15, 0.2) is 0 Å². The fourth-order valence-electron chi connectivity index (χ4n) is 2.49. The van der Waals surface area contributed by atoms with E-state index in [1.54, 1.807) is 10.9 Å². The van der Waals surface area contributed by atoms with Crippen molar-refractivity contribution >= 4 is 23.2 Å². The van der Waals surface area contributed by atoms with E-state index < -0.39 is 0 Å². The number of hydrogen-bond donors (Lipinski definition) is 1. The van der Waals surface area contributed by atoms with E-state index in [4.69, 9.17) is 28.3 Å². The number of nitrogens with zero attached hydrogens (tertiary/aromatic N) is 3. The number of hydrogen-bond acceptors (Lipinski definition) is 3. The van der Waals surface area contributed by atoms with Crippen molar-refractivity contribution in [1.82, 2.24) is 20.3 Å². The summed E-state index contributed by atoms with van der Waals surface area (Å²) < 4.78 is 0. The van der Waals surface area contributed by atoms with Crippen LogP contribution in [0.2, 0.25) is 10.0 Å². The lowest BCUT2D eigenvalue weighted by Gasteiger charge is -2.06. The van der Waals surface area contributed by atoms with Crippen molar-refractivity contribution in [2.24, 2.45) is 0 Å². The van der Waals surface area contributed by atoms with Gasteiger partial charge in [0.25, 0.3) is 0 Å². The van der Waals surface area contributed by atoms with E-state index in [0.29, 0.717) is 29.2 Å². The molecule has 0 saturated carbocycles. The molecule has 4 nitrogen and oxygen atoms in total. The molecule has 130 valence electrons. The molecule has 0 fully saturated rings. The summed E-state index contributed by atoms with van der Waals surface area (Å²) in [5.41, 5.74) is 3.89. The minimum absolute atomic E-state index is 0.379. The van der Waals surface area contributed by atoms with Crippen molar-refractivity contribution in [1.29, 1.82) is 0 Å². The number of halogens is 2. The minimum atomic E-state index is 0.379. The highest BCUT2D eigenvalue weighted by atomic mass is 35.5. The second-order valence-corrected chi connectivity index (χ2v) is 6.99. The van der Waals surface area contributed by atoms with Crippen LogP contribution in [0.25, 0.3) is 11.3 Å². The monoisotopic (exact) mass is 374 g/mol. The standard InChI is InChI=1S/C19H20Cl2N4/c1-13(2)22-11-18-19(15-6-4-3-5-7-15)24-25(23-18)12-14-8-9-16(20)17(21)10-14/h3-10,13,22H,11-12H2,1-2H3. The third kappa shape index (κ3) is 4.60. The summed E-state index contributed by atoms with van der Waals surface area (Å²) in [6.45, 7) is 5.44. The summed E-state index contributed by atoms with van der Waals surface area (Å²) in [5.74, 6) is 0. The Kier molecular flexibility index (Phi) is 5.74. The van der Waals surface area contributed by atoms with Crippen LogP contribution in [0.3, 0.4) is 0 Å². The van der Waals surface area contributed by atoms with Crippen molar-refractivity contribution in [2.45, 2.75) is 33.0 Å². The van der Waals surface area contributed by atoms with E-state index in [1.165, 1.54) is 0 Å². The Labute approximate surface area is 157 Å². The summed E-state index contributed by atoms with van der Waals surface area (Å²) in [7, 11) is 0. The van der Waals surface area contributed by atoms with E-state index in [2.05, 4.69) is 24.3 Å². The van der Waals surface area contributed by atoms with Crippen LogP contribution >= 0.6 is 23.2 Å². The second-order valence-electron chi connectivity index (χ2n) is 6.18. The molecular weight excluding hydrogens is 355 g/mol. The molecule has 25 heavy (non-hydrogen) atoms. The summed E-state index contributed by atoms with van der Waals surface area (Å²) >= 11 is 12.1. The van der Waals surface area contributed by atoms with Crippen LogP contribution in [0.5, 0.6) is 0 Å². The van der Waals surface area contributed by atoms with Gasteiger partial charge in [0.1, 0.15) is 11.4 Å². The van der Waals surface area contributed by atoms with Crippen molar-refractivity contribution in [3.8, 4) is 11.3 Å². The molecule has 0 spiro atoms. The predicted molar refractivity (Wildman–Crippen MR) is 103 cm³/mol. The zero-order chi connectivity index (χ0) is 17.8. The van der Waals surface area contributed by atoms with Gasteiger partial charge in [-0.25, -0.2) is 0 Å². The SMILES string of the molecule is CC(C)NCc1nn(Cc2ccc(Cl)c(Cl)c2)nc1-c1ccccc1. The van der Waals surface area contributed by atoms with Gasteiger partial charge in [-0.3, -0.25) is 0 Å². The molecule has 0 amide bonds. The van der Waals surface area contributed by atoms with Gasteiger partial charge >= 0.3 is 0 Å². The predicted octanol–water partition coefficient (Wildman–Crippen LogP) is 4.80. The molecule has 0 aliphatic heterocycles. The first-order chi connectivity index (χ1) is 12.0. The van der Waals surface area contributed by atoms with Gasteiger partial charge in [-0.1, -0.05) is 73.4 Å². The highest BCUT2D eigenvalue weighted by Crippen LogP contribution is 2.24. The molecule has 0 bridgehead atoms. The summed E-state index contributed by atoms with van der Waals surface area (Å²) in [4.78, 5) is 1.71. The summed E-state index contributed by atoms with van der Waals surface area (Å²) in [6, 6.07) is 16.1. The summed E-state index contributed by atoms with van der Waals surface area (Å²) in [6.07, 6.45) is 0. The third-order valence-corrected chi connectivity index (χ3v) is 4.50. The van der Waals surface area contributed by atoms with Crippen LogP contribution in [-0.4, -0.2) is 21.0 Å². The number of benzene rings is 2. The summed E-state index contributed by atoms with van der Waals surface area (Å²) in [5, 5.41) is 13.9. The molecule has 0 unspecified atom stereocenters. The fraction of sp³-hybridized carbons (Fsp3) is 0.263. The molecule has 3 aromatic rings. The second kappa shape index (κ2) is 8.00. The maximum absolute atomic E-state index is 6.10. The Morgan fingerprint density at radius 2 is 1.76 bits per heavy atom. The highest BCUT2D eigenvalue weighted by molar-refractivity contribution is 6.42. The lowest BCUT2D eigenvalue weighted by atomic mass is 10.1. The third-order valence-electron chi connectivity index (χ3n) is 3.76. The van der Waals surface area contributed by atoms with E-state index in [1.807, 2.05) is 42.5 Å². The fourth-order valence-corrected chi connectivity index (χ4v) is 2.82. The van der Waals surface area contributed by atoms with E-state index in [-0.39, 0.29) is 0 Å².